The van der Waals surface area contributed by atoms with Crippen molar-refractivity contribution in [3.8, 4) is 0 Å². The van der Waals surface area contributed by atoms with Gasteiger partial charge >= 0.3 is 0 Å². The molecule has 0 saturated heterocycles. The zero-order chi connectivity index (χ0) is 13.9. The van der Waals surface area contributed by atoms with Gasteiger partial charge in [-0.25, -0.2) is 0 Å². The summed E-state index contributed by atoms with van der Waals surface area (Å²) in [6.45, 7) is 21.3. The highest BCUT2D eigenvalue weighted by molar-refractivity contribution is 8.01. The van der Waals surface area contributed by atoms with Crippen LogP contribution in [-0.2, 0) is 0 Å². The fourth-order valence-electron chi connectivity index (χ4n) is 2.08. The fraction of sp³-hybridized carbons (Fsp3) is 1.00. The SMILES string of the molecule is CC(C)C(C)CCC(C)C(C)(C)SC(C)(C)C. The largest absolute Gasteiger partial charge is 0.150 e. The molecule has 0 aliphatic heterocycles. The monoisotopic (exact) mass is 258 g/mol. The van der Waals surface area contributed by atoms with Gasteiger partial charge in [0.15, 0.2) is 0 Å². The molecule has 0 heterocycles. The van der Waals surface area contributed by atoms with Gasteiger partial charge in [0.25, 0.3) is 0 Å². The van der Waals surface area contributed by atoms with E-state index in [1.54, 1.807) is 0 Å². The van der Waals surface area contributed by atoms with E-state index in [9.17, 15) is 0 Å². The summed E-state index contributed by atoms with van der Waals surface area (Å²) >= 11 is 2.13. The zero-order valence-corrected chi connectivity index (χ0v) is 14.4. The van der Waals surface area contributed by atoms with Crippen LogP contribution in [0, 0.1) is 17.8 Å². The lowest BCUT2D eigenvalue weighted by Gasteiger charge is -2.37. The second kappa shape index (κ2) is 6.50. The molecule has 0 aromatic carbocycles. The van der Waals surface area contributed by atoms with E-state index in [1.165, 1.54) is 12.8 Å². The van der Waals surface area contributed by atoms with Crippen LogP contribution in [0.15, 0.2) is 0 Å². The molecular weight excluding hydrogens is 224 g/mol. The predicted octanol–water partition coefficient (Wildman–Crippen LogP) is 6.01. The van der Waals surface area contributed by atoms with E-state index < -0.39 is 0 Å². The van der Waals surface area contributed by atoms with Gasteiger partial charge in [-0.15, -0.1) is 11.8 Å². The summed E-state index contributed by atoms with van der Waals surface area (Å²) in [6.07, 6.45) is 2.72. The third kappa shape index (κ3) is 7.39. The van der Waals surface area contributed by atoms with Gasteiger partial charge in [0.05, 0.1) is 0 Å². The van der Waals surface area contributed by atoms with E-state index in [0.29, 0.717) is 9.49 Å². The Labute approximate surface area is 114 Å². The smallest absolute Gasteiger partial charge is 0.0134 e. The quantitative estimate of drug-likeness (QED) is 0.562. The summed E-state index contributed by atoms with van der Waals surface area (Å²) in [7, 11) is 0. The molecule has 0 aromatic heterocycles. The molecule has 0 bridgehead atoms. The number of rotatable bonds is 6. The van der Waals surface area contributed by atoms with Gasteiger partial charge in [-0.05, 0) is 24.2 Å². The second-order valence-electron chi connectivity index (χ2n) is 7.52. The van der Waals surface area contributed by atoms with Crippen molar-refractivity contribution in [3.05, 3.63) is 0 Å². The Bertz CT molecular complexity index is 210. The van der Waals surface area contributed by atoms with Crippen LogP contribution in [0.25, 0.3) is 0 Å². The van der Waals surface area contributed by atoms with Gasteiger partial charge in [0.1, 0.15) is 0 Å². The molecule has 2 unspecified atom stereocenters. The molecule has 17 heavy (non-hydrogen) atoms. The van der Waals surface area contributed by atoms with Crippen molar-refractivity contribution in [1.29, 1.82) is 0 Å². The molecule has 1 heteroatoms. The van der Waals surface area contributed by atoms with E-state index in [4.69, 9.17) is 0 Å². The average molecular weight is 259 g/mol. The van der Waals surface area contributed by atoms with Crippen molar-refractivity contribution < 1.29 is 0 Å². The molecule has 0 N–H and O–H groups in total. The van der Waals surface area contributed by atoms with Crippen LogP contribution in [0.4, 0.5) is 0 Å². The van der Waals surface area contributed by atoms with E-state index in [-0.39, 0.29) is 0 Å². The maximum atomic E-state index is 2.42. The Morgan fingerprint density at radius 2 is 1.29 bits per heavy atom. The highest BCUT2D eigenvalue weighted by Crippen LogP contribution is 2.42. The molecular formula is C16H34S. The zero-order valence-electron chi connectivity index (χ0n) is 13.6. The standard InChI is InChI=1S/C16H34S/c1-12(2)13(3)10-11-14(4)16(8,9)17-15(5,6)7/h12-14H,10-11H2,1-9H3. The summed E-state index contributed by atoms with van der Waals surface area (Å²) in [5.74, 6) is 2.46. The van der Waals surface area contributed by atoms with Crippen molar-refractivity contribution in [1.82, 2.24) is 0 Å². The van der Waals surface area contributed by atoms with Crippen LogP contribution >= 0.6 is 11.8 Å². The Morgan fingerprint density at radius 3 is 1.65 bits per heavy atom. The number of thioether (sulfide) groups is 1. The van der Waals surface area contributed by atoms with E-state index in [1.807, 2.05) is 0 Å². The molecule has 0 saturated carbocycles. The molecule has 104 valence electrons. The summed E-state index contributed by atoms with van der Waals surface area (Å²) in [6, 6.07) is 0. The molecule has 0 aliphatic rings. The van der Waals surface area contributed by atoms with Crippen molar-refractivity contribution >= 4 is 11.8 Å². The second-order valence-corrected chi connectivity index (χ2v) is 10.00. The first-order chi connectivity index (χ1) is 7.46. The summed E-state index contributed by atoms with van der Waals surface area (Å²) in [5, 5.41) is 0. The Kier molecular flexibility index (Phi) is 6.63. The first kappa shape index (κ1) is 17.4. The van der Waals surface area contributed by atoms with Gasteiger partial charge in [0.2, 0.25) is 0 Å². The van der Waals surface area contributed by atoms with Crippen molar-refractivity contribution in [2.24, 2.45) is 17.8 Å². The van der Waals surface area contributed by atoms with Crippen molar-refractivity contribution in [2.75, 3.05) is 0 Å². The molecule has 0 radical (unpaired) electrons. The molecule has 0 nitrogen and oxygen atoms in total. The van der Waals surface area contributed by atoms with Crippen LogP contribution in [0.5, 0.6) is 0 Å². The lowest BCUT2D eigenvalue weighted by Crippen LogP contribution is -2.31. The van der Waals surface area contributed by atoms with Gasteiger partial charge in [0, 0.05) is 9.49 Å². The Morgan fingerprint density at radius 1 is 0.824 bits per heavy atom. The molecule has 0 spiro atoms. The van der Waals surface area contributed by atoms with Gasteiger partial charge in [-0.1, -0.05) is 68.7 Å². The lowest BCUT2D eigenvalue weighted by molar-refractivity contribution is 0.326. The first-order valence-corrected chi connectivity index (χ1v) is 7.97. The molecule has 0 rings (SSSR count). The average Bonchev–Trinajstić information content (AvgIpc) is 2.09. The fourth-order valence-corrected chi connectivity index (χ4v) is 3.98. The molecule has 2 atom stereocenters. The maximum Gasteiger partial charge on any atom is 0.0134 e. The van der Waals surface area contributed by atoms with E-state index in [0.717, 1.165) is 17.8 Å². The Balaban J connectivity index is 4.25. The van der Waals surface area contributed by atoms with Crippen LogP contribution in [0.3, 0.4) is 0 Å². The minimum absolute atomic E-state index is 0.363. The van der Waals surface area contributed by atoms with Crippen LogP contribution in [0.2, 0.25) is 0 Å². The van der Waals surface area contributed by atoms with Gasteiger partial charge in [-0.3, -0.25) is 0 Å². The summed E-state index contributed by atoms with van der Waals surface area (Å²) in [4.78, 5) is 0. The van der Waals surface area contributed by atoms with Crippen molar-refractivity contribution in [3.63, 3.8) is 0 Å². The van der Waals surface area contributed by atoms with Crippen molar-refractivity contribution in [2.45, 2.75) is 84.6 Å². The normalized spacial score (nSPS) is 17.3. The third-order valence-corrected chi connectivity index (χ3v) is 5.49. The van der Waals surface area contributed by atoms with Gasteiger partial charge in [-0.2, -0.15) is 0 Å². The maximum absolute atomic E-state index is 2.42. The topological polar surface area (TPSA) is 0 Å². The van der Waals surface area contributed by atoms with Gasteiger partial charge < -0.3 is 0 Å². The van der Waals surface area contributed by atoms with E-state index >= 15 is 0 Å². The minimum Gasteiger partial charge on any atom is -0.150 e. The van der Waals surface area contributed by atoms with Crippen LogP contribution in [-0.4, -0.2) is 9.49 Å². The highest BCUT2D eigenvalue weighted by Gasteiger charge is 2.31. The molecule has 0 aliphatic carbocycles. The summed E-state index contributed by atoms with van der Waals surface area (Å²) < 4.78 is 0.746. The Hall–Kier alpha value is 0.350. The van der Waals surface area contributed by atoms with E-state index in [2.05, 4.69) is 74.1 Å². The summed E-state index contributed by atoms with van der Waals surface area (Å²) in [5.41, 5.74) is 0. The third-order valence-electron chi connectivity index (χ3n) is 3.95. The molecule has 0 fully saturated rings. The minimum atomic E-state index is 0.363. The number of hydrogen-bond acceptors (Lipinski definition) is 1. The predicted molar refractivity (Wildman–Crippen MR) is 83.8 cm³/mol. The van der Waals surface area contributed by atoms with Crippen LogP contribution in [0.1, 0.15) is 75.2 Å². The molecule has 0 aromatic rings. The number of hydrogen-bond donors (Lipinski definition) is 0. The van der Waals surface area contributed by atoms with Crippen LogP contribution < -0.4 is 0 Å². The highest BCUT2D eigenvalue weighted by atomic mass is 32.2. The lowest BCUT2D eigenvalue weighted by atomic mass is 9.85. The molecule has 0 amide bonds. The first-order valence-electron chi connectivity index (χ1n) is 7.16.